The second-order valence-corrected chi connectivity index (χ2v) is 3.92. The Hall–Kier alpha value is -0.570. The predicted octanol–water partition coefficient (Wildman–Crippen LogP) is 0.744. The van der Waals surface area contributed by atoms with E-state index in [2.05, 4.69) is 0 Å². The Labute approximate surface area is 75.0 Å². The molecule has 2 rings (SSSR count). The fourth-order valence-corrected chi connectivity index (χ4v) is 2.49. The number of halogens is 1. The SMILES string of the molecule is O=CC1C2CC(Cl)C1CC(=O)O2. The number of rotatable bonds is 1. The summed E-state index contributed by atoms with van der Waals surface area (Å²) in [5.41, 5.74) is 0. The molecule has 3 nitrogen and oxygen atoms in total. The number of hydrogen-bond acceptors (Lipinski definition) is 3. The molecule has 0 radical (unpaired) electrons. The first kappa shape index (κ1) is 8.05. The van der Waals surface area contributed by atoms with Crippen LogP contribution in [0, 0.1) is 11.8 Å². The zero-order valence-electron chi connectivity index (χ0n) is 6.40. The number of alkyl halides is 1. The molecule has 1 saturated heterocycles. The first-order chi connectivity index (χ1) is 5.72. The topological polar surface area (TPSA) is 43.4 Å². The van der Waals surface area contributed by atoms with Crippen LogP contribution in [0.4, 0.5) is 0 Å². The molecule has 2 fully saturated rings. The lowest BCUT2D eigenvalue weighted by atomic mass is 9.91. The van der Waals surface area contributed by atoms with Gasteiger partial charge in [0.1, 0.15) is 12.4 Å². The van der Waals surface area contributed by atoms with Crippen LogP contribution in [-0.4, -0.2) is 23.7 Å². The van der Waals surface area contributed by atoms with Crippen LogP contribution in [0.15, 0.2) is 0 Å². The molecule has 4 unspecified atom stereocenters. The molecule has 4 atom stereocenters. The van der Waals surface area contributed by atoms with E-state index in [4.69, 9.17) is 16.3 Å². The van der Waals surface area contributed by atoms with Crippen LogP contribution in [0.25, 0.3) is 0 Å². The quantitative estimate of drug-likeness (QED) is 0.347. The van der Waals surface area contributed by atoms with Gasteiger partial charge in [0.2, 0.25) is 0 Å². The summed E-state index contributed by atoms with van der Waals surface area (Å²) in [4.78, 5) is 21.6. The first-order valence-corrected chi connectivity index (χ1v) is 4.45. The monoisotopic (exact) mass is 188 g/mol. The maximum Gasteiger partial charge on any atom is 0.306 e. The van der Waals surface area contributed by atoms with E-state index in [1.807, 2.05) is 0 Å². The highest BCUT2D eigenvalue weighted by Crippen LogP contribution is 2.42. The van der Waals surface area contributed by atoms with Crippen LogP contribution in [0.5, 0.6) is 0 Å². The molecule has 1 aliphatic heterocycles. The Kier molecular flexibility index (Phi) is 1.83. The molecule has 12 heavy (non-hydrogen) atoms. The summed E-state index contributed by atoms with van der Waals surface area (Å²) < 4.78 is 5.00. The molecule has 0 aromatic carbocycles. The van der Waals surface area contributed by atoms with Crippen LogP contribution >= 0.6 is 11.6 Å². The second-order valence-electron chi connectivity index (χ2n) is 3.36. The van der Waals surface area contributed by atoms with Crippen molar-refractivity contribution in [3.8, 4) is 0 Å². The molecular weight excluding hydrogens is 180 g/mol. The summed E-state index contributed by atoms with van der Waals surface area (Å²) in [6.07, 6.45) is 1.54. The molecule has 1 heterocycles. The van der Waals surface area contributed by atoms with Crippen LogP contribution < -0.4 is 0 Å². The van der Waals surface area contributed by atoms with Crippen LogP contribution in [0.1, 0.15) is 12.8 Å². The molecule has 0 aromatic heterocycles. The molecule has 0 aromatic rings. The Balaban J connectivity index is 2.23. The number of ether oxygens (including phenoxy) is 1. The van der Waals surface area contributed by atoms with Crippen molar-refractivity contribution >= 4 is 23.9 Å². The van der Waals surface area contributed by atoms with Crippen LogP contribution in [0.3, 0.4) is 0 Å². The lowest BCUT2D eigenvalue weighted by Crippen LogP contribution is -2.33. The highest BCUT2D eigenvalue weighted by molar-refractivity contribution is 6.21. The minimum absolute atomic E-state index is 0.00965. The van der Waals surface area contributed by atoms with Gasteiger partial charge in [0, 0.05) is 11.8 Å². The van der Waals surface area contributed by atoms with Gasteiger partial charge in [-0.15, -0.1) is 11.6 Å². The van der Waals surface area contributed by atoms with E-state index in [9.17, 15) is 9.59 Å². The van der Waals surface area contributed by atoms with Gasteiger partial charge in [-0.2, -0.15) is 0 Å². The number of carbonyl (C=O) groups excluding carboxylic acids is 2. The minimum Gasteiger partial charge on any atom is -0.462 e. The van der Waals surface area contributed by atoms with Gasteiger partial charge >= 0.3 is 5.97 Å². The van der Waals surface area contributed by atoms with Gasteiger partial charge in [-0.3, -0.25) is 4.79 Å². The van der Waals surface area contributed by atoms with Crippen LogP contribution in [-0.2, 0) is 14.3 Å². The number of aldehydes is 1. The summed E-state index contributed by atoms with van der Waals surface area (Å²) >= 11 is 5.96. The van der Waals surface area contributed by atoms with Gasteiger partial charge in [-0.1, -0.05) is 0 Å². The average Bonchev–Trinajstić information content (AvgIpc) is 2.20. The van der Waals surface area contributed by atoms with Gasteiger partial charge in [-0.25, -0.2) is 0 Å². The Morgan fingerprint density at radius 1 is 1.58 bits per heavy atom. The van der Waals surface area contributed by atoms with Gasteiger partial charge in [0.25, 0.3) is 0 Å². The van der Waals surface area contributed by atoms with Crippen molar-refractivity contribution in [1.29, 1.82) is 0 Å². The Morgan fingerprint density at radius 2 is 2.33 bits per heavy atom. The normalized spacial score (nSPS) is 45.6. The maximum absolute atomic E-state index is 10.9. The number of esters is 1. The summed E-state index contributed by atoms with van der Waals surface area (Å²) in [5, 5.41) is -0.0725. The molecule has 4 heteroatoms. The third kappa shape index (κ3) is 1.04. The second kappa shape index (κ2) is 2.73. The Morgan fingerprint density at radius 3 is 2.92 bits per heavy atom. The summed E-state index contributed by atoms with van der Waals surface area (Å²) in [7, 11) is 0. The molecule has 1 aliphatic carbocycles. The smallest absolute Gasteiger partial charge is 0.306 e. The van der Waals surface area contributed by atoms with Crippen molar-refractivity contribution < 1.29 is 14.3 Å². The number of hydrogen-bond donors (Lipinski definition) is 0. The van der Waals surface area contributed by atoms with Crippen molar-refractivity contribution in [1.82, 2.24) is 0 Å². The van der Waals surface area contributed by atoms with E-state index in [0.717, 1.165) is 6.29 Å². The van der Waals surface area contributed by atoms with Crippen molar-refractivity contribution in [2.75, 3.05) is 0 Å². The molecule has 2 bridgehead atoms. The van der Waals surface area contributed by atoms with Gasteiger partial charge in [-0.05, 0) is 5.92 Å². The minimum atomic E-state index is -0.253. The molecule has 0 spiro atoms. The molecule has 0 N–H and O–H groups in total. The number of carbonyl (C=O) groups is 2. The lowest BCUT2D eigenvalue weighted by Gasteiger charge is -2.25. The zero-order chi connectivity index (χ0) is 8.72. The summed E-state index contributed by atoms with van der Waals surface area (Å²) in [6.45, 7) is 0. The maximum atomic E-state index is 10.9. The number of fused-ring (bicyclic) bond motifs is 2. The highest BCUT2D eigenvalue weighted by atomic mass is 35.5. The van der Waals surface area contributed by atoms with Gasteiger partial charge < -0.3 is 9.53 Å². The zero-order valence-corrected chi connectivity index (χ0v) is 7.16. The average molecular weight is 189 g/mol. The standard InChI is InChI=1S/C8H9ClO3/c9-6-2-7-5(3-10)4(6)1-8(11)12-7/h3-7H,1-2H2. The summed E-state index contributed by atoms with van der Waals surface area (Å²) in [6, 6.07) is 0. The molecule has 1 saturated carbocycles. The molecular formula is C8H9ClO3. The van der Waals surface area contributed by atoms with E-state index in [1.165, 1.54) is 0 Å². The van der Waals surface area contributed by atoms with Crippen molar-refractivity contribution in [2.24, 2.45) is 11.8 Å². The van der Waals surface area contributed by atoms with E-state index < -0.39 is 0 Å². The van der Waals surface area contributed by atoms with E-state index >= 15 is 0 Å². The first-order valence-electron chi connectivity index (χ1n) is 4.01. The molecule has 2 aliphatic rings. The molecule has 0 amide bonds. The van der Waals surface area contributed by atoms with E-state index in [0.29, 0.717) is 12.8 Å². The van der Waals surface area contributed by atoms with Crippen molar-refractivity contribution in [2.45, 2.75) is 24.3 Å². The van der Waals surface area contributed by atoms with E-state index in [-0.39, 0.29) is 29.3 Å². The predicted molar refractivity (Wildman–Crippen MR) is 41.8 cm³/mol. The van der Waals surface area contributed by atoms with E-state index in [1.54, 1.807) is 0 Å². The Bertz CT molecular complexity index is 228. The van der Waals surface area contributed by atoms with Crippen molar-refractivity contribution in [3.05, 3.63) is 0 Å². The highest BCUT2D eigenvalue weighted by Gasteiger charge is 2.49. The van der Waals surface area contributed by atoms with Crippen LogP contribution in [0.2, 0.25) is 0 Å². The fraction of sp³-hybridized carbons (Fsp3) is 0.750. The lowest BCUT2D eigenvalue weighted by molar-refractivity contribution is -0.158. The third-order valence-electron chi connectivity index (χ3n) is 2.69. The molecule has 66 valence electrons. The summed E-state index contributed by atoms with van der Waals surface area (Å²) in [5.74, 6) is -0.369. The van der Waals surface area contributed by atoms with Crippen molar-refractivity contribution in [3.63, 3.8) is 0 Å². The third-order valence-corrected chi connectivity index (χ3v) is 3.19. The fourth-order valence-electron chi connectivity index (χ4n) is 2.06. The van der Waals surface area contributed by atoms with Gasteiger partial charge in [0.05, 0.1) is 12.3 Å². The largest absolute Gasteiger partial charge is 0.462 e. The van der Waals surface area contributed by atoms with Gasteiger partial charge in [0.15, 0.2) is 0 Å².